The molecule has 90 valence electrons. The minimum atomic E-state index is 0.904. The van der Waals surface area contributed by atoms with Crippen molar-refractivity contribution in [1.29, 1.82) is 0 Å². The van der Waals surface area contributed by atoms with E-state index in [1.54, 1.807) is 6.20 Å². The summed E-state index contributed by atoms with van der Waals surface area (Å²) in [4.78, 5) is 4.17. The molecule has 1 N–H and O–H groups in total. The Morgan fingerprint density at radius 2 is 1.94 bits per heavy atom. The van der Waals surface area contributed by atoms with Crippen LogP contribution in [0.25, 0.3) is 0 Å². The molecule has 1 heterocycles. The minimum Gasteiger partial charge on any atom is -0.383 e. The summed E-state index contributed by atoms with van der Waals surface area (Å²) in [6, 6.07) is 4.00. The van der Waals surface area contributed by atoms with Crippen molar-refractivity contribution in [1.82, 2.24) is 4.98 Å². The Morgan fingerprint density at radius 1 is 1.19 bits per heavy atom. The Balaban J connectivity index is 2.05. The average Bonchev–Trinajstić information content (AvgIpc) is 2.30. The van der Waals surface area contributed by atoms with E-state index in [0.29, 0.717) is 0 Å². The molecule has 0 aliphatic heterocycles. The number of nitrogens with one attached hydrogen (secondary N) is 1. The third-order valence-electron chi connectivity index (χ3n) is 2.60. The SMILES string of the molecule is CCCCCCCCNc1cccnc1Br. The van der Waals surface area contributed by atoms with Crippen molar-refractivity contribution in [3.05, 3.63) is 22.9 Å². The van der Waals surface area contributed by atoms with Crippen LogP contribution in [0.4, 0.5) is 5.69 Å². The van der Waals surface area contributed by atoms with Crippen molar-refractivity contribution in [2.75, 3.05) is 11.9 Å². The van der Waals surface area contributed by atoms with E-state index in [1.165, 1.54) is 38.5 Å². The lowest BCUT2D eigenvalue weighted by Crippen LogP contribution is -2.02. The highest BCUT2D eigenvalue weighted by Gasteiger charge is 1.97. The third kappa shape index (κ3) is 5.50. The number of rotatable bonds is 8. The maximum atomic E-state index is 4.17. The van der Waals surface area contributed by atoms with Gasteiger partial charge < -0.3 is 5.32 Å². The van der Waals surface area contributed by atoms with Gasteiger partial charge in [0.2, 0.25) is 0 Å². The number of hydrogen-bond acceptors (Lipinski definition) is 2. The molecule has 0 aromatic carbocycles. The highest BCUT2D eigenvalue weighted by atomic mass is 79.9. The van der Waals surface area contributed by atoms with E-state index in [9.17, 15) is 0 Å². The van der Waals surface area contributed by atoms with Crippen LogP contribution in [-0.4, -0.2) is 11.5 Å². The first-order valence-electron chi connectivity index (χ1n) is 6.19. The van der Waals surface area contributed by atoms with E-state index in [-0.39, 0.29) is 0 Å². The maximum Gasteiger partial charge on any atom is 0.129 e. The number of nitrogens with zero attached hydrogens (tertiary/aromatic N) is 1. The van der Waals surface area contributed by atoms with Crippen LogP contribution >= 0.6 is 15.9 Å². The molecule has 0 radical (unpaired) electrons. The summed E-state index contributed by atoms with van der Waals surface area (Å²) >= 11 is 3.43. The van der Waals surface area contributed by atoms with Gasteiger partial charge in [-0.1, -0.05) is 39.0 Å². The summed E-state index contributed by atoms with van der Waals surface area (Å²) in [7, 11) is 0. The molecule has 1 aromatic rings. The van der Waals surface area contributed by atoms with Crippen molar-refractivity contribution < 1.29 is 0 Å². The van der Waals surface area contributed by atoms with E-state index in [2.05, 4.69) is 33.2 Å². The smallest absolute Gasteiger partial charge is 0.129 e. The number of pyridine rings is 1. The van der Waals surface area contributed by atoms with Crippen LogP contribution in [0.1, 0.15) is 45.4 Å². The number of halogens is 1. The molecular weight excluding hydrogens is 264 g/mol. The quantitative estimate of drug-likeness (QED) is 0.557. The first-order valence-corrected chi connectivity index (χ1v) is 6.98. The Kier molecular flexibility index (Phi) is 7.23. The predicted molar refractivity (Wildman–Crippen MR) is 73.8 cm³/mol. The Hall–Kier alpha value is -0.570. The molecule has 1 aromatic heterocycles. The van der Waals surface area contributed by atoms with Crippen LogP contribution in [0.15, 0.2) is 22.9 Å². The number of aromatic nitrogens is 1. The Labute approximate surface area is 107 Å². The van der Waals surface area contributed by atoms with Gasteiger partial charge in [-0.05, 0) is 34.5 Å². The molecule has 0 aliphatic rings. The van der Waals surface area contributed by atoms with E-state index >= 15 is 0 Å². The lowest BCUT2D eigenvalue weighted by atomic mass is 10.1. The monoisotopic (exact) mass is 284 g/mol. The molecule has 0 saturated carbocycles. The van der Waals surface area contributed by atoms with E-state index in [0.717, 1.165) is 16.8 Å². The van der Waals surface area contributed by atoms with Gasteiger partial charge in [0.25, 0.3) is 0 Å². The highest BCUT2D eigenvalue weighted by molar-refractivity contribution is 9.10. The van der Waals surface area contributed by atoms with Gasteiger partial charge >= 0.3 is 0 Å². The molecule has 0 bridgehead atoms. The van der Waals surface area contributed by atoms with Gasteiger partial charge in [-0.15, -0.1) is 0 Å². The molecule has 0 atom stereocenters. The predicted octanol–water partition coefficient (Wildman–Crippen LogP) is 4.62. The molecular formula is C13H21BrN2. The lowest BCUT2D eigenvalue weighted by molar-refractivity contribution is 0.617. The Morgan fingerprint density at radius 3 is 2.69 bits per heavy atom. The Bertz CT molecular complexity index is 289. The second-order valence-electron chi connectivity index (χ2n) is 4.04. The normalized spacial score (nSPS) is 10.4. The summed E-state index contributed by atoms with van der Waals surface area (Å²) in [6.45, 7) is 3.29. The van der Waals surface area contributed by atoms with Crippen LogP contribution in [0.3, 0.4) is 0 Å². The fraction of sp³-hybridized carbons (Fsp3) is 0.615. The topological polar surface area (TPSA) is 24.9 Å². The van der Waals surface area contributed by atoms with Crippen LogP contribution < -0.4 is 5.32 Å². The summed E-state index contributed by atoms with van der Waals surface area (Å²) in [6.07, 6.45) is 9.80. The van der Waals surface area contributed by atoms with Crippen molar-refractivity contribution >= 4 is 21.6 Å². The molecule has 0 saturated heterocycles. The molecule has 0 fully saturated rings. The van der Waals surface area contributed by atoms with E-state index in [4.69, 9.17) is 0 Å². The van der Waals surface area contributed by atoms with Gasteiger partial charge in [0.05, 0.1) is 5.69 Å². The molecule has 0 amide bonds. The molecule has 0 spiro atoms. The third-order valence-corrected chi connectivity index (χ3v) is 3.24. The zero-order valence-electron chi connectivity index (χ0n) is 10.0. The van der Waals surface area contributed by atoms with E-state index in [1.807, 2.05) is 12.1 Å². The lowest BCUT2D eigenvalue weighted by Gasteiger charge is -2.07. The van der Waals surface area contributed by atoms with Crippen LogP contribution in [0, 0.1) is 0 Å². The van der Waals surface area contributed by atoms with E-state index < -0.39 is 0 Å². The number of hydrogen-bond donors (Lipinski definition) is 1. The first-order chi connectivity index (χ1) is 7.84. The maximum absolute atomic E-state index is 4.17. The number of unbranched alkanes of at least 4 members (excludes halogenated alkanes) is 5. The highest BCUT2D eigenvalue weighted by Crippen LogP contribution is 2.18. The molecule has 1 rings (SSSR count). The standard InChI is InChI=1S/C13H21BrN2/c1-2-3-4-5-6-7-10-15-12-9-8-11-16-13(12)14/h8-9,11,15H,2-7,10H2,1H3. The zero-order valence-corrected chi connectivity index (χ0v) is 11.6. The van der Waals surface area contributed by atoms with Gasteiger partial charge in [0.1, 0.15) is 4.60 Å². The summed E-state index contributed by atoms with van der Waals surface area (Å²) in [5.41, 5.74) is 1.09. The van der Waals surface area contributed by atoms with Gasteiger partial charge in [-0.2, -0.15) is 0 Å². The largest absolute Gasteiger partial charge is 0.383 e. The zero-order chi connectivity index (χ0) is 11.6. The fourth-order valence-electron chi connectivity index (χ4n) is 1.65. The summed E-state index contributed by atoms with van der Waals surface area (Å²) in [5.74, 6) is 0. The minimum absolute atomic E-state index is 0.904. The van der Waals surface area contributed by atoms with Gasteiger partial charge in [0, 0.05) is 12.7 Å². The van der Waals surface area contributed by atoms with Crippen molar-refractivity contribution in [3.63, 3.8) is 0 Å². The second-order valence-corrected chi connectivity index (χ2v) is 4.79. The fourth-order valence-corrected chi connectivity index (χ4v) is 2.04. The van der Waals surface area contributed by atoms with Crippen LogP contribution in [-0.2, 0) is 0 Å². The summed E-state index contributed by atoms with van der Waals surface area (Å²) < 4.78 is 0.904. The average molecular weight is 285 g/mol. The molecule has 0 aliphatic carbocycles. The summed E-state index contributed by atoms with van der Waals surface area (Å²) in [5, 5.41) is 3.39. The molecule has 2 nitrogen and oxygen atoms in total. The van der Waals surface area contributed by atoms with Crippen molar-refractivity contribution in [2.24, 2.45) is 0 Å². The van der Waals surface area contributed by atoms with Gasteiger partial charge in [0.15, 0.2) is 0 Å². The van der Waals surface area contributed by atoms with Crippen LogP contribution in [0.2, 0.25) is 0 Å². The number of anilines is 1. The first kappa shape index (κ1) is 13.5. The van der Waals surface area contributed by atoms with Crippen LogP contribution in [0.5, 0.6) is 0 Å². The molecule has 0 unspecified atom stereocenters. The van der Waals surface area contributed by atoms with Gasteiger partial charge in [-0.3, -0.25) is 0 Å². The molecule has 3 heteroatoms. The molecule has 16 heavy (non-hydrogen) atoms. The second kappa shape index (κ2) is 8.57. The van der Waals surface area contributed by atoms with Gasteiger partial charge in [-0.25, -0.2) is 4.98 Å². The van der Waals surface area contributed by atoms with Crippen molar-refractivity contribution in [3.8, 4) is 0 Å². The van der Waals surface area contributed by atoms with Crippen molar-refractivity contribution in [2.45, 2.75) is 45.4 Å².